The van der Waals surface area contributed by atoms with Crippen LogP contribution < -0.4 is 15.5 Å². The number of carbonyl (C=O) groups excluding carboxylic acids is 2. The van der Waals surface area contributed by atoms with E-state index in [0.29, 0.717) is 54.3 Å². The molecule has 3 aliphatic rings. The van der Waals surface area contributed by atoms with Gasteiger partial charge in [-0.25, -0.2) is 9.37 Å². The number of amides is 2. The van der Waals surface area contributed by atoms with Crippen molar-refractivity contribution in [2.45, 2.75) is 51.6 Å². The van der Waals surface area contributed by atoms with Gasteiger partial charge in [-0.15, -0.1) is 0 Å². The van der Waals surface area contributed by atoms with E-state index in [1.54, 1.807) is 36.2 Å². The first kappa shape index (κ1) is 27.5. The Balaban J connectivity index is 1.28. The van der Waals surface area contributed by atoms with Crippen LogP contribution in [0.3, 0.4) is 0 Å². The summed E-state index contributed by atoms with van der Waals surface area (Å²) in [6, 6.07) is 10.3. The summed E-state index contributed by atoms with van der Waals surface area (Å²) < 4.78 is 19.9. The molecular formula is C30H33FN6O3. The van der Waals surface area contributed by atoms with Gasteiger partial charge >= 0.3 is 0 Å². The van der Waals surface area contributed by atoms with Gasteiger partial charge in [0.25, 0.3) is 5.91 Å². The molecule has 1 aromatic heterocycles. The molecule has 3 N–H and O–H groups in total. The minimum Gasteiger partial charge on any atom is -0.387 e. The highest BCUT2D eigenvalue weighted by Crippen LogP contribution is 2.51. The molecule has 9 nitrogen and oxygen atoms in total. The normalized spacial score (nSPS) is 21.7. The second-order valence-electron chi connectivity index (χ2n) is 10.7. The molecule has 1 saturated carbocycles. The average molecular weight is 545 g/mol. The van der Waals surface area contributed by atoms with Crippen molar-refractivity contribution in [2.75, 3.05) is 24.7 Å². The zero-order valence-electron chi connectivity index (χ0n) is 22.5. The van der Waals surface area contributed by atoms with Gasteiger partial charge in [0.2, 0.25) is 5.91 Å². The molecule has 3 heterocycles. The number of benzene rings is 1. The molecule has 1 aliphatic carbocycles. The summed E-state index contributed by atoms with van der Waals surface area (Å²) in [4.78, 5) is 32.2. The first-order valence-electron chi connectivity index (χ1n) is 13.7. The molecule has 0 radical (unpaired) electrons. The Morgan fingerprint density at radius 2 is 2.02 bits per heavy atom. The predicted octanol–water partition coefficient (Wildman–Crippen LogP) is 3.87. The lowest BCUT2D eigenvalue weighted by atomic mass is 9.83. The number of nitrogens with zero attached hydrogens (tertiary/aromatic N) is 3. The highest BCUT2D eigenvalue weighted by atomic mass is 19.1. The van der Waals surface area contributed by atoms with Crippen LogP contribution in [0.1, 0.15) is 59.4 Å². The van der Waals surface area contributed by atoms with Gasteiger partial charge in [-0.2, -0.15) is 5.26 Å². The third-order valence-corrected chi connectivity index (χ3v) is 7.91. The molecule has 40 heavy (non-hydrogen) atoms. The van der Waals surface area contributed by atoms with Crippen LogP contribution in [0, 0.1) is 40.8 Å². The van der Waals surface area contributed by atoms with E-state index in [1.807, 2.05) is 0 Å². The Bertz CT molecular complexity index is 1390. The van der Waals surface area contributed by atoms with Gasteiger partial charge in [-0.3, -0.25) is 9.59 Å². The Hall–Kier alpha value is -4.10. The van der Waals surface area contributed by atoms with Crippen LogP contribution in [-0.4, -0.2) is 48.8 Å². The molecule has 2 aromatic rings. The number of halogens is 1. The van der Waals surface area contributed by atoms with Crippen LogP contribution >= 0.6 is 0 Å². The van der Waals surface area contributed by atoms with Crippen LogP contribution in [0.4, 0.5) is 10.1 Å². The van der Waals surface area contributed by atoms with E-state index < -0.39 is 17.1 Å². The van der Waals surface area contributed by atoms with E-state index in [0.717, 1.165) is 25.7 Å². The molecule has 0 spiro atoms. The number of aromatic nitrogens is 1. The van der Waals surface area contributed by atoms with Crippen LogP contribution in [0.25, 0.3) is 5.57 Å². The number of hydrogen-bond acceptors (Lipinski definition) is 7. The van der Waals surface area contributed by atoms with Crippen LogP contribution in [0.2, 0.25) is 0 Å². The van der Waals surface area contributed by atoms with Gasteiger partial charge in [0, 0.05) is 61.7 Å². The fourth-order valence-corrected chi connectivity index (χ4v) is 5.53. The molecule has 2 amide bonds. The van der Waals surface area contributed by atoms with E-state index in [2.05, 4.69) is 21.7 Å². The van der Waals surface area contributed by atoms with E-state index in [4.69, 9.17) is 10.1 Å². The number of hydrogen-bond donors (Lipinski definition) is 3. The van der Waals surface area contributed by atoms with Gasteiger partial charge in [0.15, 0.2) is 0 Å². The molecule has 5 rings (SSSR count). The summed E-state index contributed by atoms with van der Waals surface area (Å²) in [7, 11) is 0. The molecular weight excluding hydrogens is 511 g/mol. The molecule has 2 saturated heterocycles. The Kier molecular flexibility index (Phi) is 7.94. The van der Waals surface area contributed by atoms with Crippen molar-refractivity contribution in [2.24, 2.45) is 11.3 Å². The lowest BCUT2D eigenvalue weighted by Gasteiger charge is -2.22. The quantitative estimate of drug-likeness (QED) is 0.411. The SMILES string of the molecule is Cc1cc(N2CC[C@@](C#N)(C3CC3)C2=O)cc(C(=O)NCc2cc(F)cc(/C(C=N)=C/NC3CCOCC3)c2)n1. The average Bonchev–Trinajstić information content (AvgIpc) is 3.75. The van der Waals surface area contributed by atoms with Crippen molar-refractivity contribution < 1.29 is 18.7 Å². The van der Waals surface area contributed by atoms with E-state index >= 15 is 0 Å². The fourth-order valence-electron chi connectivity index (χ4n) is 5.53. The third kappa shape index (κ3) is 5.75. The molecule has 0 bridgehead atoms. The molecule has 0 unspecified atom stereocenters. The van der Waals surface area contributed by atoms with Gasteiger partial charge in [0.1, 0.15) is 16.9 Å². The smallest absolute Gasteiger partial charge is 0.270 e. The summed E-state index contributed by atoms with van der Waals surface area (Å²) in [6.45, 7) is 3.59. The Labute approximate surface area is 232 Å². The predicted molar refractivity (Wildman–Crippen MR) is 148 cm³/mol. The van der Waals surface area contributed by atoms with Crippen LogP contribution in [0.15, 0.2) is 36.5 Å². The third-order valence-electron chi connectivity index (χ3n) is 7.91. The lowest BCUT2D eigenvalue weighted by molar-refractivity contribution is -0.123. The molecule has 1 aromatic carbocycles. The number of anilines is 1. The van der Waals surface area contributed by atoms with Gasteiger partial charge in [-0.1, -0.05) is 0 Å². The maximum atomic E-state index is 14.5. The lowest BCUT2D eigenvalue weighted by Crippen LogP contribution is -2.35. The summed E-state index contributed by atoms with van der Waals surface area (Å²) in [5.41, 5.74) is 1.87. The standard InChI is InChI=1S/C30H33FN6O3/c1-19-10-26(37-7-6-30(18-33,29(37)39)23-2-3-23)14-27(36-19)28(38)35-16-20-11-21(13-24(31)12-20)22(15-32)17-34-25-4-8-40-9-5-25/h10-15,17,23,25,32,34H,2-9,16H2,1H3,(H,35,38)/b22-17+,32-15?/t30-/m1/s1. The number of rotatable bonds is 9. The van der Waals surface area contributed by atoms with Crippen molar-refractivity contribution >= 4 is 29.3 Å². The van der Waals surface area contributed by atoms with Gasteiger partial charge in [-0.05, 0) is 86.4 Å². The van der Waals surface area contributed by atoms with Gasteiger partial charge < -0.3 is 25.7 Å². The zero-order chi connectivity index (χ0) is 28.3. The monoisotopic (exact) mass is 544 g/mol. The van der Waals surface area contributed by atoms with Crippen molar-refractivity contribution in [3.8, 4) is 6.07 Å². The minimum absolute atomic E-state index is 0.0507. The maximum Gasteiger partial charge on any atom is 0.270 e. The summed E-state index contributed by atoms with van der Waals surface area (Å²) in [6.07, 6.45) is 6.89. The topological polar surface area (TPSA) is 131 Å². The van der Waals surface area contributed by atoms with Gasteiger partial charge in [0.05, 0.1) is 6.07 Å². The number of ether oxygens (including phenoxy) is 1. The van der Waals surface area contributed by atoms with E-state index in [1.165, 1.54) is 18.3 Å². The number of nitrogens with one attached hydrogen (secondary N) is 3. The molecule has 2 aliphatic heterocycles. The van der Waals surface area contributed by atoms with E-state index in [-0.39, 0.29) is 30.1 Å². The van der Waals surface area contributed by atoms with Crippen molar-refractivity contribution in [1.29, 1.82) is 10.7 Å². The zero-order valence-corrected chi connectivity index (χ0v) is 22.5. The number of pyridine rings is 1. The second-order valence-corrected chi connectivity index (χ2v) is 10.7. The largest absolute Gasteiger partial charge is 0.387 e. The van der Waals surface area contributed by atoms with E-state index in [9.17, 15) is 19.2 Å². The molecule has 3 fully saturated rings. The number of nitriles is 1. The van der Waals surface area contributed by atoms with Crippen molar-refractivity contribution in [3.05, 3.63) is 64.9 Å². The van der Waals surface area contributed by atoms with Crippen molar-refractivity contribution in [3.63, 3.8) is 0 Å². The summed E-state index contributed by atoms with van der Waals surface area (Å²) >= 11 is 0. The molecule has 10 heteroatoms. The van der Waals surface area contributed by atoms with Crippen LogP contribution in [0.5, 0.6) is 0 Å². The number of aryl methyl sites for hydroxylation is 1. The Morgan fingerprint density at radius 3 is 2.73 bits per heavy atom. The maximum absolute atomic E-state index is 14.5. The second kappa shape index (κ2) is 11.6. The first-order valence-corrected chi connectivity index (χ1v) is 13.7. The minimum atomic E-state index is -0.973. The Morgan fingerprint density at radius 1 is 1.25 bits per heavy atom. The number of carbonyl (C=O) groups is 2. The first-order chi connectivity index (χ1) is 19.3. The molecule has 208 valence electrons. The molecule has 1 atom stereocenters. The highest BCUT2D eigenvalue weighted by molar-refractivity contribution is 6.08. The fraction of sp³-hybridized carbons (Fsp3) is 0.433. The summed E-state index contributed by atoms with van der Waals surface area (Å²) in [5.74, 6) is -1.03. The van der Waals surface area contributed by atoms with Crippen molar-refractivity contribution in [1.82, 2.24) is 15.6 Å². The van der Waals surface area contributed by atoms with Crippen LogP contribution in [-0.2, 0) is 16.1 Å². The highest BCUT2D eigenvalue weighted by Gasteiger charge is 2.56. The summed E-state index contributed by atoms with van der Waals surface area (Å²) in [5, 5.41) is 23.7. The number of allylic oxidation sites excluding steroid dienone is 1.